The predicted octanol–water partition coefficient (Wildman–Crippen LogP) is 5.84. The van der Waals surface area contributed by atoms with Gasteiger partial charge in [-0.3, -0.25) is 19.9 Å². The van der Waals surface area contributed by atoms with Crippen LogP contribution in [0.5, 0.6) is 0 Å². The number of nitro benzene ring substituents is 1. The zero-order chi connectivity index (χ0) is 34.6. The summed E-state index contributed by atoms with van der Waals surface area (Å²) in [7, 11) is 0.202. The highest BCUT2D eigenvalue weighted by Gasteiger charge is 2.52. The van der Waals surface area contributed by atoms with E-state index in [1.165, 1.54) is 23.3 Å². The average Bonchev–Trinajstić information content (AvgIpc) is 3.02. The number of rotatable bonds is 19. The standard InChI is InChI=1S/C34H48N3O9P/c1-24(2)42-18-20-45-34(29-14-11-15-30(22-29)37(39)40)31(33(38)44-17-16-35(7)23-28-12-9-8-10-13-28)26(5)36(27(6)32(34)47-41)46-21-19-43-25(3)4/h8-15,22,24-25H,16-21,23,47H2,1-7H3. The first kappa shape index (κ1) is 38.1. The summed E-state index contributed by atoms with van der Waals surface area (Å²) in [4.78, 5) is 33.7. The molecule has 13 heteroatoms. The van der Waals surface area contributed by atoms with Crippen molar-refractivity contribution in [3.8, 4) is 0 Å². The number of ether oxygens (including phenoxy) is 4. The highest BCUT2D eigenvalue weighted by molar-refractivity contribution is 7.29. The van der Waals surface area contributed by atoms with Gasteiger partial charge in [0.05, 0.1) is 69.0 Å². The Morgan fingerprint density at radius 2 is 1.60 bits per heavy atom. The Kier molecular flexibility index (Phi) is 14.8. The van der Waals surface area contributed by atoms with E-state index in [1.54, 1.807) is 19.9 Å². The largest absolute Gasteiger partial charge is 0.461 e. The summed E-state index contributed by atoms with van der Waals surface area (Å²) in [6.45, 7) is 12.7. The predicted molar refractivity (Wildman–Crippen MR) is 180 cm³/mol. The van der Waals surface area contributed by atoms with E-state index < -0.39 is 25.0 Å². The molecule has 1 aliphatic heterocycles. The number of esters is 1. The van der Waals surface area contributed by atoms with Crippen LogP contribution >= 0.6 is 8.46 Å². The Morgan fingerprint density at radius 3 is 2.21 bits per heavy atom. The van der Waals surface area contributed by atoms with Gasteiger partial charge in [-0.2, -0.15) is 0 Å². The number of hydrogen-bond acceptors (Lipinski definition) is 11. The van der Waals surface area contributed by atoms with Crippen molar-refractivity contribution < 1.29 is 38.1 Å². The minimum atomic E-state index is -1.78. The number of carbonyl (C=O) groups is 1. The molecule has 0 spiro atoms. The van der Waals surface area contributed by atoms with Crippen LogP contribution in [0.15, 0.2) is 76.9 Å². The maximum atomic E-state index is 14.3. The number of hydroxylamine groups is 2. The van der Waals surface area contributed by atoms with Gasteiger partial charge in [-0.05, 0) is 54.2 Å². The van der Waals surface area contributed by atoms with Crippen molar-refractivity contribution in [2.24, 2.45) is 0 Å². The second kappa shape index (κ2) is 18.2. The molecule has 2 aromatic carbocycles. The highest BCUT2D eigenvalue weighted by atomic mass is 31.1. The average molecular weight is 674 g/mol. The van der Waals surface area contributed by atoms with Crippen LogP contribution < -0.4 is 0 Å². The lowest BCUT2D eigenvalue weighted by Gasteiger charge is -2.44. The first-order valence-electron chi connectivity index (χ1n) is 15.7. The minimum Gasteiger partial charge on any atom is -0.461 e. The van der Waals surface area contributed by atoms with E-state index in [0.29, 0.717) is 24.5 Å². The normalized spacial score (nSPS) is 17.2. The van der Waals surface area contributed by atoms with E-state index in [9.17, 15) is 19.5 Å². The lowest BCUT2D eigenvalue weighted by atomic mass is 9.81. The highest BCUT2D eigenvalue weighted by Crippen LogP contribution is 2.52. The SMILES string of the molecule is CC1=C([PH2]=O)C(OCCOC(C)C)(c2cccc([N+](=O)[O-])c2)C(C(=O)OCCN(C)Cc2ccccc2)=C(C)N1OCCOC(C)C. The third-order valence-electron chi connectivity index (χ3n) is 7.49. The quantitative estimate of drug-likeness (QED) is 0.0586. The molecule has 0 radical (unpaired) electrons. The van der Waals surface area contributed by atoms with Crippen LogP contribution in [0.2, 0.25) is 0 Å². The van der Waals surface area contributed by atoms with Gasteiger partial charge < -0.3 is 23.5 Å². The molecule has 0 aromatic heterocycles. The van der Waals surface area contributed by atoms with Crippen molar-refractivity contribution in [2.75, 3.05) is 46.6 Å². The zero-order valence-corrected chi connectivity index (χ0v) is 29.5. The van der Waals surface area contributed by atoms with Gasteiger partial charge in [0.2, 0.25) is 0 Å². The summed E-state index contributed by atoms with van der Waals surface area (Å²) in [6, 6.07) is 15.8. The fourth-order valence-electron chi connectivity index (χ4n) is 5.36. The number of nitrogens with zero attached hydrogens (tertiary/aromatic N) is 3. The van der Waals surface area contributed by atoms with Crippen molar-refractivity contribution in [1.29, 1.82) is 0 Å². The molecule has 0 saturated carbocycles. The maximum absolute atomic E-state index is 14.3. The first-order chi connectivity index (χ1) is 22.4. The Hall–Kier alpha value is -3.38. The second-order valence-corrected chi connectivity index (χ2v) is 12.6. The van der Waals surface area contributed by atoms with Crippen LogP contribution in [-0.4, -0.2) is 79.7 Å². The molecule has 258 valence electrons. The molecule has 2 atom stereocenters. The summed E-state index contributed by atoms with van der Waals surface area (Å²) in [5, 5.41) is 13.6. The topological polar surface area (TPSA) is 130 Å². The monoisotopic (exact) mass is 673 g/mol. The van der Waals surface area contributed by atoms with Crippen molar-refractivity contribution in [3.05, 3.63) is 98.1 Å². The van der Waals surface area contributed by atoms with Crippen molar-refractivity contribution in [1.82, 2.24) is 9.96 Å². The van der Waals surface area contributed by atoms with E-state index in [2.05, 4.69) is 0 Å². The van der Waals surface area contributed by atoms with Gasteiger partial charge in [0.1, 0.15) is 6.61 Å². The van der Waals surface area contributed by atoms with Crippen molar-refractivity contribution >= 4 is 20.1 Å². The number of hydrogen-bond donors (Lipinski definition) is 0. The smallest absolute Gasteiger partial charge is 0.339 e. The van der Waals surface area contributed by atoms with Crippen LogP contribution in [0.25, 0.3) is 0 Å². The molecule has 47 heavy (non-hydrogen) atoms. The van der Waals surface area contributed by atoms with Crippen LogP contribution in [-0.2, 0) is 45.3 Å². The van der Waals surface area contributed by atoms with Crippen molar-refractivity contribution in [2.45, 2.75) is 65.9 Å². The van der Waals surface area contributed by atoms with Gasteiger partial charge in [-0.25, -0.2) is 9.86 Å². The molecule has 0 aliphatic carbocycles. The molecule has 0 saturated heterocycles. The summed E-state index contributed by atoms with van der Waals surface area (Å²) in [5.74, 6) is -0.725. The molecule has 0 N–H and O–H groups in total. The number of nitro groups is 1. The number of benzene rings is 2. The number of allylic oxidation sites excluding steroid dienone is 2. The molecule has 2 unspecified atom stereocenters. The van der Waals surface area contributed by atoms with E-state index in [-0.39, 0.29) is 67.4 Å². The lowest BCUT2D eigenvalue weighted by Crippen LogP contribution is -2.45. The first-order valence-corrected chi connectivity index (χ1v) is 16.8. The lowest BCUT2D eigenvalue weighted by molar-refractivity contribution is -0.385. The minimum absolute atomic E-state index is 0.00987. The molecule has 12 nitrogen and oxygen atoms in total. The van der Waals surface area contributed by atoms with Gasteiger partial charge in [0, 0.05) is 36.1 Å². The Morgan fingerprint density at radius 1 is 0.936 bits per heavy atom. The van der Waals surface area contributed by atoms with E-state index in [1.807, 2.05) is 70.0 Å². The van der Waals surface area contributed by atoms with Crippen LogP contribution in [0, 0.1) is 10.1 Å². The van der Waals surface area contributed by atoms with E-state index in [4.69, 9.17) is 23.8 Å². The molecule has 0 bridgehead atoms. The van der Waals surface area contributed by atoms with Crippen LogP contribution in [0.3, 0.4) is 0 Å². The summed E-state index contributed by atoms with van der Waals surface area (Å²) < 4.78 is 37.1. The summed E-state index contributed by atoms with van der Waals surface area (Å²) >= 11 is 0. The third kappa shape index (κ3) is 10.1. The molecule has 1 heterocycles. The van der Waals surface area contributed by atoms with Gasteiger partial charge in [0.15, 0.2) is 5.60 Å². The van der Waals surface area contributed by atoms with Crippen LogP contribution in [0.1, 0.15) is 52.7 Å². The summed E-state index contributed by atoms with van der Waals surface area (Å²) in [6.07, 6.45) is -0.101. The number of non-ortho nitro benzene ring substituents is 1. The molecule has 1 aliphatic rings. The fourth-order valence-corrected chi connectivity index (χ4v) is 6.21. The summed E-state index contributed by atoms with van der Waals surface area (Å²) in [5.41, 5.74) is 0.186. The van der Waals surface area contributed by atoms with Gasteiger partial charge in [0.25, 0.3) is 5.69 Å². The second-order valence-electron chi connectivity index (χ2n) is 11.7. The molecule has 0 amide bonds. The Balaban J connectivity index is 2.08. The molecular formula is C34H48N3O9P. The Labute approximate surface area is 278 Å². The van der Waals surface area contributed by atoms with Gasteiger partial charge in [-0.1, -0.05) is 42.5 Å². The zero-order valence-electron chi connectivity index (χ0n) is 28.4. The van der Waals surface area contributed by atoms with E-state index >= 15 is 0 Å². The molecule has 2 aromatic rings. The maximum Gasteiger partial charge on any atom is 0.339 e. The molecule has 3 rings (SSSR count). The third-order valence-corrected chi connectivity index (χ3v) is 8.55. The Bertz CT molecular complexity index is 1430. The van der Waals surface area contributed by atoms with Gasteiger partial charge >= 0.3 is 5.97 Å². The van der Waals surface area contributed by atoms with Gasteiger partial charge in [-0.15, -0.1) is 0 Å². The number of carbonyl (C=O) groups excluding carboxylic acids is 1. The fraction of sp³-hybridized carbons (Fsp3) is 0.500. The van der Waals surface area contributed by atoms with Crippen LogP contribution in [0.4, 0.5) is 5.69 Å². The number of likely N-dealkylation sites (N-methyl/N-ethyl adjacent to an activating group) is 1. The molecule has 0 fully saturated rings. The van der Waals surface area contributed by atoms with Crippen molar-refractivity contribution in [3.63, 3.8) is 0 Å². The molecular weight excluding hydrogens is 625 g/mol. The van der Waals surface area contributed by atoms with E-state index in [0.717, 1.165) is 5.56 Å².